The molecule has 1 heterocycles. The van der Waals surface area contributed by atoms with Crippen molar-refractivity contribution in [1.82, 2.24) is 4.98 Å². The van der Waals surface area contributed by atoms with Gasteiger partial charge in [0.2, 0.25) is 5.91 Å². The van der Waals surface area contributed by atoms with Crippen LogP contribution in [0.2, 0.25) is 0 Å². The monoisotopic (exact) mass is 392 g/mol. The summed E-state index contributed by atoms with van der Waals surface area (Å²) in [6, 6.07) is 17.1. The van der Waals surface area contributed by atoms with Gasteiger partial charge in [-0.25, -0.2) is 9.78 Å². The number of aromatic nitrogens is 1. The summed E-state index contributed by atoms with van der Waals surface area (Å²) >= 11 is 1.33. The van der Waals surface area contributed by atoms with E-state index in [9.17, 15) is 9.59 Å². The number of hydrogen-bond donors (Lipinski definition) is 0. The fourth-order valence-corrected chi connectivity index (χ4v) is 3.47. The van der Waals surface area contributed by atoms with E-state index in [-0.39, 0.29) is 12.5 Å². The van der Waals surface area contributed by atoms with Gasteiger partial charge in [-0.15, -0.1) is 11.3 Å². The van der Waals surface area contributed by atoms with Crippen LogP contribution in [0.25, 0.3) is 6.08 Å². The second kappa shape index (κ2) is 9.10. The van der Waals surface area contributed by atoms with Gasteiger partial charge in [0.25, 0.3) is 0 Å². The highest BCUT2D eigenvalue weighted by Gasteiger charge is 2.17. The molecule has 0 N–H and O–H groups in total. The lowest BCUT2D eigenvalue weighted by Gasteiger charge is -2.17. The maximum atomic E-state index is 12.1. The van der Waals surface area contributed by atoms with Crippen LogP contribution in [-0.4, -0.2) is 16.9 Å². The summed E-state index contributed by atoms with van der Waals surface area (Å²) in [7, 11) is 0. The lowest BCUT2D eigenvalue weighted by molar-refractivity contribution is -0.139. The summed E-state index contributed by atoms with van der Waals surface area (Å²) in [6.07, 6.45) is 3.11. The third-order valence-electron chi connectivity index (χ3n) is 3.88. The van der Waals surface area contributed by atoms with Gasteiger partial charge in [-0.3, -0.25) is 9.69 Å². The van der Waals surface area contributed by atoms with Gasteiger partial charge in [-0.2, -0.15) is 0 Å². The van der Waals surface area contributed by atoms with E-state index in [1.807, 2.05) is 61.5 Å². The highest BCUT2D eigenvalue weighted by atomic mass is 32.1. The van der Waals surface area contributed by atoms with Crippen molar-refractivity contribution in [1.29, 1.82) is 0 Å². The fourth-order valence-electron chi connectivity index (χ4n) is 2.60. The van der Waals surface area contributed by atoms with E-state index in [4.69, 9.17) is 4.74 Å². The minimum Gasteiger partial charge on any atom is -0.456 e. The summed E-state index contributed by atoms with van der Waals surface area (Å²) < 4.78 is 5.25. The average Bonchev–Trinajstić information content (AvgIpc) is 3.14. The molecule has 1 amide bonds. The molecule has 0 aliphatic rings. The van der Waals surface area contributed by atoms with E-state index >= 15 is 0 Å². The number of amides is 1. The number of benzene rings is 2. The van der Waals surface area contributed by atoms with Crippen LogP contribution in [0.15, 0.2) is 66.1 Å². The predicted octanol–water partition coefficient (Wildman–Crippen LogP) is 4.89. The van der Waals surface area contributed by atoms with Gasteiger partial charge in [0, 0.05) is 18.4 Å². The maximum Gasteiger partial charge on any atom is 0.331 e. The summed E-state index contributed by atoms with van der Waals surface area (Å²) in [5, 5.41) is 2.33. The second-order valence-corrected chi connectivity index (χ2v) is 7.00. The average molecular weight is 392 g/mol. The first-order valence-corrected chi connectivity index (χ1v) is 9.62. The molecule has 28 heavy (non-hydrogen) atoms. The van der Waals surface area contributed by atoms with Crippen LogP contribution >= 0.6 is 11.3 Å². The van der Waals surface area contributed by atoms with Gasteiger partial charge < -0.3 is 4.74 Å². The summed E-state index contributed by atoms with van der Waals surface area (Å²) in [4.78, 5) is 30.0. The van der Waals surface area contributed by atoms with E-state index in [2.05, 4.69) is 4.98 Å². The van der Waals surface area contributed by atoms with Crippen molar-refractivity contribution in [2.45, 2.75) is 20.5 Å². The first kappa shape index (κ1) is 19.5. The minimum absolute atomic E-state index is 0.0496. The Labute approximate surface area is 167 Å². The van der Waals surface area contributed by atoms with Crippen LogP contribution in [0, 0.1) is 6.92 Å². The van der Waals surface area contributed by atoms with Crippen LogP contribution in [0.3, 0.4) is 0 Å². The Morgan fingerprint density at radius 2 is 1.93 bits per heavy atom. The molecular formula is C22H20N2O3S. The summed E-state index contributed by atoms with van der Waals surface area (Å²) in [5.74, 6) is -0.576. The molecule has 142 valence electrons. The quantitative estimate of drug-likeness (QED) is 0.442. The van der Waals surface area contributed by atoms with E-state index < -0.39 is 5.97 Å². The first-order chi connectivity index (χ1) is 13.5. The van der Waals surface area contributed by atoms with E-state index in [0.717, 1.165) is 16.8 Å². The van der Waals surface area contributed by atoms with Crippen molar-refractivity contribution in [2.75, 3.05) is 4.90 Å². The van der Waals surface area contributed by atoms with Crippen LogP contribution < -0.4 is 4.90 Å². The van der Waals surface area contributed by atoms with Crippen molar-refractivity contribution in [3.05, 3.63) is 82.9 Å². The molecule has 6 heteroatoms. The molecule has 0 aliphatic carbocycles. The Morgan fingerprint density at radius 3 is 2.64 bits per heavy atom. The van der Waals surface area contributed by atoms with Crippen LogP contribution in [0.4, 0.5) is 10.8 Å². The van der Waals surface area contributed by atoms with Crippen LogP contribution in [-0.2, 0) is 20.9 Å². The molecule has 0 saturated heterocycles. The van der Waals surface area contributed by atoms with E-state index in [1.54, 1.807) is 11.5 Å². The number of carbonyl (C=O) groups excluding carboxylic acids is 2. The molecule has 0 radical (unpaired) electrons. The molecule has 0 spiro atoms. The highest BCUT2D eigenvalue weighted by molar-refractivity contribution is 7.14. The Hall–Kier alpha value is -3.25. The number of para-hydroxylation sites is 1. The van der Waals surface area contributed by atoms with Gasteiger partial charge in [0.15, 0.2) is 5.13 Å². The molecule has 0 fully saturated rings. The van der Waals surface area contributed by atoms with Crippen molar-refractivity contribution in [3.8, 4) is 0 Å². The summed E-state index contributed by atoms with van der Waals surface area (Å²) in [6.45, 7) is 3.54. The third-order valence-corrected chi connectivity index (χ3v) is 4.75. The number of ether oxygens (including phenoxy) is 1. The molecule has 0 bridgehead atoms. The molecule has 0 saturated carbocycles. The molecule has 0 unspecified atom stereocenters. The Bertz CT molecular complexity index is 996. The lowest BCUT2D eigenvalue weighted by Crippen LogP contribution is -2.22. The second-order valence-electron chi connectivity index (χ2n) is 6.17. The molecule has 1 aromatic heterocycles. The maximum absolute atomic E-state index is 12.1. The third kappa shape index (κ3) is 5.14. The molecular weight excluding hydrogens is 372 g/mol. The number of thiazole rings is 1. The van der Waals surface area contributed by atoms with Gasteiger partial charge >= 0.3 is 5.97 Å². The Balaban J connectivity index is 1.62. The first-order valence-electron chi connectivity index (χ1n) is 8.74. The Kier molecular flexibility index (Phi) is 6.34. The molecule has 0 aliphatic heterocycles. The fraction of sp³-hybridized carbons (Fsp3) is 0.136. The SMILES string of the molecule is CC(=O)N(c1ccccc1)c1nc(COC(=O)/C=C/c2cccc(C)c2)cs1. The molecule has 3 rings (SSSR count). The van der Waals surface area contributed by atoms with Gasteiger partial charge in [0.1, 0.15) is 6.61 Å². The number of carbonyl (C=O) groups is 2. The molecule has 2 aromatic carbocycles. The molecule has 0 atom stereocenters. The summed E-state index contributed by atoms with van der Waals surface area (Å²) in [5.41, 5.74) is 3.40. The topological polar surface area (TPSA) is 59.5 Å². The predicted molar refractivity (Wildman–Crippen MR) is 111 cm³/mol. The van der Waals surface area contributed by atoms with E-state index in [1.165, 1.54) is 29.2 Å². The zero-order valence-corrected chi connectivity index (χ0v) is 16.5. The van der Waals surface area contributed by atoms with Crippen molar-refractivity contribution in [2.24, 2.45) is 0 Å². The number of aryl methyl sites for hydroxylation is 1. The number of rotatable bonds is 6. The van der Waals surface area contributed by atoms with Gasteiger partial charge in [-0.1, -0.05) is 48.0 Å². The van der Waals surface area contributed by atoms with Crippen molar-refractivity contribution in [3.63, 3.8) is 0 Å². The Morgan fingerprint density at radius 1 is 1.14 bits per heavy atom. The van der Waals surface area contributed by atoms with Crippen LogP contribution in [0.5, 0.6) is 0 Å². The standard InChI is InChI=1S/C22H20N2O3S/c1-16-7-6-8-18(13-16)11-12-21(26)27-14-19-15-28-22(23-19)24(17(2)25)20-9-4-3-5-10-20/h3-13,15H,14H2,1-2H3/b12-11+. The van der Waals surface area contributed by atoms with Crippen molar-refractivity contribution < 1.29 is 14.3 Å². The zero-order chi connectivity index (χ0) is 19.9. The minimum atomic E-state index is -0.442. The number of hydrogen-bond acceptors (Lipinski definition) is 5. The highest BCUT2D eigenvalue weighted by Crippen LogP contribution is 2.28. The smallest absolute Gasteiger partial charge is 0.331 e. The van der Waals surface area contributed by atoms with Crippen molar-refractivity contribution >= 4 is 40.1 Å². The number of nitrogens with zero attached hydrogens (tertiary/aromatic N) is 2. The largest absolute Gasteiger partial charge is 0.456 e. The number of anilines is 2. The molecule has 5 nitrogen and oxygen atoms in total. The van der Waals surface area contributed by atoms with E-state index in [0.29, 0.717) is 10.8 Å². The normalized spacial score (nSPS) is 10.8. The van der Waals surface area contributed by atoms with Gasteiger partial charge in [-0.05, 0) is 30.7 Å². The number of esters is 1. The lowest BCUT2D eigenvalue weighted by atomic mass is 10.1. The zero-order valence-electron chi connectivity index (χ0n) is 15.7. The van der Waals surface area contributed by atoms with Crippen LogP contribution in [0.1, 0.15) is 23.7 Å². The molecule has 3 aromatic rings. The van der Waals surface area contributed by atoms with Gasteiger partial charge in [0.05, 0.1) is 11.4 Å².